The minimum atomic E-state index is -0.402. The van der Waals surface area contributed by atoms with Crippen LogP contribution in [0.4, 0.5) is 10.8 Å². The van der Waals surface area contributed by atoms with E-state index in [2.05, 4.69) is 10.3 Å². The van der Waals surface area contributed by atoms with E-state index in [1.54, 1.807) is 5.38 Å². The van der Waals surface area contributed by atoms with Gasteiger partial charge in [-0.05, 0) is 24.3 Å². The number of thiazole rings is 1. The first-order valence-electron chi connectivity index (χ1n) is 7.00. The molecule has 0 spiro atoms. The third-order valence-electron chi connectivity index (χ3n) is 3.28. The molecule has 0 radical (unpaired) electrons. The maximum atomic E-state index is 12.5. The molecule has 1 heterocycles. The Kier molecular flexibility index (Phi) is 4.35. The number of ketones is 1. The zero-order valence-electron chi connectivity index (χ0n) is 12.7. The van der Waals surface area contributed by atoms with Crippen molar-refractivity contribution in [3.8, 4) is 17.2 Å². The maximum absolute atomic E-state index is 12.5. The first kappa shape index (κ1) is 15.8. The van der Waals surface area contributed by atoms with Gasteiger partial charge < -0.3 is 20.3 Å². The fraction of sp³-hybridized carbons (Fsp3) is 0.0588. The first-order valence-corrected chi connectivity index (χ1v) is 7.88. The fourth-order valence-electron chi connectivity index (χ4n) is 2.17. The number of benzene rings is 2. The zero-order valence-corrected chi connectivity index (χ0v) is 13.5. The normalized spacial score (nSPS) is 10.4. The Morgan fingerprint density at radius 2 is 1.83 bits per heavy atom. The number of carbonyl (C=O) groups excluding carboxylic acids is 1. The van der Waals surface area contributed by atoms with E-state index in [0.717, 1.165) is 5.69 Å². The average Bonchev–Trinajstić information content (AvgIpc) is 3.03. The molecule has 0 saturated carbocycles. The summed E-state index contributed by atoms with van der Waals surface area (Å²) < 4.78 is 4.85. The smallest absolute Gasteiger partial charge is 0.212 e. The van der Waals surface area contributed by atoms with Crippen LogP contribution in [0.15, 0.2) is 47.8 Å². The number of para-hydroxylation sites is 1. The highest BCUT2D eigenvalue weighted by Gasteiger charge is 2.18. The van der Waals surface area contributed by atoms with Crippen LogP contribution in [0.3, 0.4) is 0 Å². The molecule has 3 N–H and O–H groups in total. The molecule has 2 aromatic carbocycles. The van der Waals surface area contributed by atoms with E-state index in [0.29, 0.717) is 5.13 Å². The van der Waals surface area contributed by atoms with E-state index in [1.807, 2.05) is 30.3 Å². The van der Waals surface area contributed by atoms with Gasteiger partial charge in [0.1, 0.15) is 5.69 Å². The van der Waals surface area contributed by atoms with Gasteiger partial charge in [0.25, 0.3) is 0 Å². The van der Waals surface area contributed by atoms with Crippen molar-refractivity contribution in [2.45, 2.75) is 0 Å². The van der Waals surface area contributed by atoms with Crippen molar-refractivity contribution in [3.05, 3.63) is 59.1 Å². The van der Waals surface area contributed by atoms with Gasteiger partial charge in [-0.25, -0.2) is 4.98 Å². The number of phenolic OH excluding ortho intramolecular Hbond substituents is 2. The highest BCUT2D eigenvalue weighted by molar-refractivity contribution is 7.14. The summed E-state index contributed by atoms with van der Waals surface area (Å²) in [5.74, 6) is -1.09. The molecule has 1 aromatic heterocycles. The number of hydrogen-bond donors (Lipinski definition) is 3. The molecule has 6 nitrogen and oxygen atoms in total. The second-order valence-electron chi connectivity index (χ2n) is 4.91. The molecule has 3 rings (SSSR count). The minimum absolute atomic E-state index is 0.0729. The predicted molar refractivity (Wildman–Crippen MR) is 91.6 cm³/mol. The topological polar surface area (TPSA) is 91.7 Å². The lowest BCUT2D eigenvalue weighted by atomic mass is 10.1. The number of carbonyl (C=O) groups is 1. The van der Waals surface area contributed by atoms with Gasteiger partial charge in [0.15, 0.2) is 16.6 Å². The molecular weight excluding hydrogens is 328 g/mol. The number of nitrogens with zero attached hydrogens (tertiary/aromatic N) is 1. The molecular formula is C17H14N2O4S. The highest BCUT2D eigenvalue weighted by atomic mass is 32.1. The van der Waals surface area contributed by atoms with Crippen molar-refractivity contribution in [1.82, 2.24) is 4.98 Å². The van der Waals surface area contributed by atoms with Crippen LogP contribution in [0, 0.1) is 0 Å². The van der Waals surface area contributed by atoms with Gasteiger partial charge in [0.2, 0.25) is 11.5 Å². The van der Waals surface area contributed by atoms with Crippen LogP contribution in [-0.4, -0.2) is 28.1 Å². The first-order chi connectivity index (χ1) is 11.6. The van der Waals surface area contributed by atoms with Gasteiger partial charge in [-0.3, -0.25) is 4.79 Å². The average molecular weight is 342 g/mol. The van der Waals surface area contributed by atoms with Crippen molar-refractivity contribution in [2.24, 2.45) is 0 Å². The molecule has 0 aliphatic carbocycles. The molecule has 0 aliphatic heterocycles. The lowest BCUT2D eigenvalue weighted by Crippen LogP contribution is -2.02. The van der Waals surface area contributed by atoms with E-state index in [4.69, 9.17) is 4.74 Å². The third-order valence-corrected chi connectivity index (χ3v) is 4.04. The molecule has 0 unspecified atom stereocenters. The van der Waals surface area contributed by atoms with Gasteiger partial charge >= 0.3 is 0 Å². The van der Waals surface area contributed by atoms with Gasteiger partial charge in [0.05, 0.1) is 7.11 Å². The Hall–Kier alpha value is -3.06. The summed E-state index contributed by atoms with van der Waals surface area (Å²) in [6.07, 6.45) is 0. The Balaban J connectivity index is 1.84. The number of ether oxygens (including phenoxy) is 1. The van der Waals surface area contributed by atoms with E-state index >= 15 is 0 Å². The molecule has 0 fully saturated rings. The predicted octanol–water partition coefficient (Wildman–Crippen LogP) is 3.54. The van der Waals surface area contributed by atoms with Crippen LogP contribution in [0.1, 0.15) is 16.1 Å². The van der Waals surface area contributed by atoms with Crippen molar-refractivity contribution in [3.63, 3.8) is 0 Å². The number of hydrogen-bond acceptors (Lipinski definition) is 7. The molecule has 122 valence electrons. The Labute approximate surface area is 142 Å². The van der Waals surface area contributed by atoms with Crippen molar-refractivity contribution >= 4 is 27.9 Å². The van der Waals surface area contributed by atoms with E-state index in [9.17, 15) is 15.0 Å². The summed E-state index contributed by atoms with van der Waals surface area (Å²) >= 11 is 1.29. The molecule has 7 heteroatoms. The van der Waals surface area contributed by atoms with Crippen LogP contribution in [0.2, 0.25) is 0 Å². The number of rotatable bonds is 5. The minimum Gasteiger partial charge on any atom is -0.504 e. The van der Waals surface area contributed by atoms with Gasteiger partial charge in [-0.2, -0.15) is 0 Å². The van der Waals surface area contributed by atoms with E-state index < -0.39 is 5.78 Å². The third kappa shape index (κ3) is 3.16. The molecule has 0 saturated heterocycles. The van der Waals surface area contributed by atoms with Gasteiger partial charge in [-0.15, -0.1) is 11.3 Å². The summed E-state index contributed by atoms with van der Waals surface area (Å²) in [4.78, 5) is 16.7. The van der Waals surface area contributed by atoms with E-state index in [1.165, 1.54) is 30.6 Å². The number of nitrogens with one attached hydrogen (secondary N) is 1. The second kappa shape index (κ2) is 6.59. The standard InChI is InChI=1S/C17H14N2O4S/c1-23-16-13(20)7-10(8-14(16)21)15(22)12-9-24-17(19-12)18-11-5-3-2-4-6-11/h2-9,20-21H,1H3,(H,18,19). The fourth-order valence-corrected chi connectivity index (χ4v) is 2.88. The largest absolute Gasteiger partial charge is 0.504 e. The monoisotopic (exact) mass is 342 g/mol. The summed E-state index contributed by atoms with van der Waals surface area (Å²) in [5.41, 5.74) is 1.22. The lowest BCUT2D eigenvalue weighted by Gasteiger charge is -2.07. The lowest BCUT2D eigenvalue weighted by molar-refractivity contribution is 0.103. The molecule has 0 amide bonds. The van der Waals surface area contributed by atoms with Crippen molar-refractivity contribution in [1.29, 1.82) is 0 Å². The molecule has 24 heavy (non-hydrogen) atoms. The summed E-state index contributed by atoms with van der Waals surface area (Å²) in [5, 5.41) is 24.9. The van der Waals surface area contributed by atoms with Crippen LogP contribution in [0.25, 0.3) is 0 Å². The Bertz CT molecular complexity index is 854. The summed E-state index contributed by atoms with van der Waals surface area (Å²) in [6, 6.07) is 12.0. The Morgan fingerprint density at radius 1 is 1.17 bits per heavy atom. The van der Waals surface area contributed by atoms with Crippen LogP contribution >= 0.6 is 11.3 Å². The molecule has 3 aromatic rings. The molecule has 0 atom stereocenters. The van der Waals surface area contributed by atoms with Crippen LogP contribution in [0.5, 0.6) is 17.2 Å². The van der Waals surface area contributed by atoms with Gasteiger partial charge in [0, 0.05) is 16.6 Å². The van der Waals surface area contributed by atoms with Crippen molar-refractivity contribution in [2.75, 3.05) is 12.4 Å². The number of phenols is 2. The maximum Gasteiger partial charge on any atom is 0.212 e. The molecule has 0 bridgehead atoms. The molecule has 0 aliphatic rings. The summed E-state index contributed by atoms with van der Waals surface area (Å²) in [6.45, 7) is 0. The number of aromatic nitrogens is 1. The van der Waals surface area contributed by atoms with Crippen LogP contribution in [-0.2, 0) is 0 Å². The number of methoxy groups -OCH3 is 1. The van der Waals surface area contributed by atoms with Crippen LogP contribution < -0.4 is 10.1 Å². The highest BCUT2D eigenvalue weighted by Crippen LogP contribution is 2.37. The Morgan fingerprint density at radius 3 is 2.46 bits per heavy atom. The number of anilines is 2. The van der Waals surface area contributed by atoms with E-state index in [-0.39, 0.29) is 28.5 Å². The quantitative estimate of drug-likeness (QED) is 0.614. The zero-order chi connectivity index (χ0) is 17.1. The van der Waals surface area contributed by atoms with Gasteiger partial charge in [-0.1, -0.05) is 18.2 Å². The SMILES string of the molecule is COc1c(O)cc(C(=O)c2csc(Nc3ccccc3)n2)cc1O. The van der Waals surface area contributed by atoms with Crippen molar-refractivity contribution < 1.29 is 19.7 Å². The summed E-state index contributed by atoms with van der Waals surface area (Å²) in [7, 11) is 1.32. The number of aromatic hydroxyl groups is 2. The second-order valence-corrected chi connectivity index (χ2v) is 5.76.